The number of thioether (sulfide) groups is 1. The summed E-state index contributed by atoms with van der Waals surface area (Å²) in [6.07, 6.45) is 1.93. The number of fused-ring (bicyclic) bond motifs is 1. The van der Waals surface area contributed by atoms with Crippen LogP contribution in [-0.4, -0.2) is 50.0 Å². The molecule has 0 N–H and O–H groups in total. The number of methoxy groups -OCH3 is 1. The molecule has 7 heteroatoms. The number of hydrogen-bond donors (Lipinski definition) is 0. The smallest absolute Gasteiger partial charge is 0.265 e. The number of ether oxygens (including phenoxy) is 1. The van der Waals surface area contributed by atoms with Gasteiger partial charge in [-0.3, -0.25) is 9.59 Å². The molecule has 0 aliphatic carbocycles. The predicted octanol–water partition coefficient (Wildman–Crippen LogP) is 6.95. The summed E-state index contributed by atoms with van der Waals surface area (Å²) in [7, 11) is 1.67. The monoisotopic (exact) mass is 589 g/mol. The third-order valence-electron chi connectivity index (χ3n) is 8.12. The number of aryl methyl sites for hydroxylation is 2. The van der Waals surface area contributed by atoms with Crippen molar-refractivity contribution >= 4 is 41.0 Å². The van der Waals surface area contributed by atoms with Crippen molar-refractivity contribution in [3.63, 3.8) is 0 Å². The molecular weight excluding hydrogens is 554 g/mol. The number of rotatable bonds is 6. The molecule has 0 radical (unpaired) electrons. The zero-order valence-corrected chi connectivity index (χ0v) is 25.6. The lowest BCUT2D eigenvalue weighted by atomic mass is 10.0. The highest BCUT2D eigenvalue weighted by molar-refractivity contribution is 8.04. The summed E-state index contributed by atoms with van der Waals surface area (Å²) in [5.74, 6) is 0.854. The van der Waals surface area contributed by atoms with Crippen LogP contribution >= 0.6 is 11.8 Å². The first-order valence-corrected chi connectivity index (χ1v) is 15.4. The SMILES string of the molecule is COc1ccc(N2CCN(C(=O)c3ccc(C=C4Sc5ccccc5N(Cc5cc(C)ccc5C)C4=O)cc3)CC2)cc1. The number of carbonyl (C=O) groups is 2. The topological polar surface area (TPSA) is 53.1 Å². The zero-order chi connectivity index (χ0) is 29.9. The summed E-state index contributed by atoms with van der Waals surface area (Å²) in [5.41, 5.74) is 7.10. The molecule has 0 saturated carbocycles. The van der Waals surface area contributed by atoms with E-state index in [1.54, 1.807) is 7.11 Å². The molecule has 0 atom stereocenters. The van der Waals surface area contributed by atoms with Gasteiger partial charge in [-0.25, -0.2) is 0 Å². The van der Waals surface area contributed by atoms with E-state index in [-0.39, 0.29) is 11.8 Å². The van der Waals surface area contributed by atoms with Gasteiger partial charge in [0.2, 0.25) is 0 Å². The molecule has 218 valence electrons. The average molecular weight is 590 g/mol. The Morgan fingerprint density at radius 1 is 0.884 bits per heavy atom. The number of benzene rings is 4. The van der Waals surface area contributed by atoms with Gasteiger partial charge >= 0.3 is 0 Å². The predicted molar refractivity (Wildman–Crippen MR) is 175 cm³/mol. The molecule has 43 heavy (non-hydrogen) atoms. The number of piperazine rings is 1. The maximum absolute atomic E-state index is 13.8. The van der Waals surface area contributed by atoms with Gasteiger partial charge in [0.1, 0.15) is 5.75 Å². The highest BCUT2D eigenvalue weighted by Gasteiger charge is 2.29. The van der Waals surface area contributed by atoms with Crippen molar-refractivity contribution in [1.82, 2.24) is 4.90 Å². The first kappa shape index (κ1) is 28.6. The molecule has 1 fully saturated rings. The van der Waals surface area contributed by atoms with Gasteiger partial charge in [0, 0.05) is 42.3 Å². The second-order valence-corrected chi connectivity index (χ2v) is 12.1. The second kappa shape index (κ2) is 12.4. The Morgan fingerprint density at radius 2 is 1.60 bits per heavy atom. The highest BCUT2D eigenvalue weighted by atomic mass is 32.2. The molecule has 2 aliphatic rings. The number of anilines is 2. The van der Waals surface area contributed by atoms with Gasteiger partial charge in [-0.05, 0) is 85.1 Å². The minimum absolute atomic E-state index is 0.0144. The normalized spacial score (nSPS) is 15.9. The van der Waals surface area contributed by atoms with E-state index in [1.807, 2.05) is 70.5 Å². The van der Waals surface area contributed by atoms with Gasteiger partial charge in [-0.2, -0.15) is 0 Å². The van der Waals surface area contributed by atoms with Crippen LogP contribution in [0.5, 0.6) is 5.75 Å². The van der Waals surface area contributed by atoms with Gasteiger partial charge in [0.15, 0.2) is 0 Å². The number of para-hydroxylation sites is 1. The maximum atomic E-state index is 13.8. The second-order valence-electron chi connectivity index (χ2n) is 11.0. The molecule has 0 spiro atoms. The van der Waals surface area contributed by atoms with Crippen molar-refractivity contribution in [3.05, 3.63) is 124 Å². The molecular formula is C36H35N3O3S. The third kappa shape index (κ3) is 6.18. The molecule has 2 heterocycles. The zero-order valence-electron chi connectivity index (χ0n) is 24.7. The molecule has 4 aromatic carbocycles. The molecule has 2 aliphatic heterocycles. The summed E-state index contributed by atoms with van der Waals surface area (Å²) in [6.45, 7) is 7.57. The van der Waals surface area contributed by atoms with Crippen LogP contribution < -0.4 is 14.5 Å². The Labute approximate surface area is 257 Å². The van der Waals surface area contributed by atoms with E-state index in [0.29, 0.717) is 30.1 Å². The van der Waals surface area contributed by atoms with Crippen molar-refractivity contribution in [1.29, 1.82) is 0 Å². The summed E-state index contributed by atoms with van der Waals surface area (Å²) < 4.78 is 5.26. The summed E-state index contributed by atoms with van der Waals surface area (Å²) in [4.78, 5) is 34.9. The number of nitrogens with zero attached hydrogens (tertiary/aromatic N) is 3. The molecule has 0 bridgehead atoms. The van der Waals surface area contributed by atoms with E-state index in [2.05, 4.69) is 55.1 Å². The van der Waals surface area contributed by atoms with Crippen LogP contribution in [0.3, 0.4) is 0 Å². The van der Waals surface area contributed by atoms with Gasteiger partial charge in [0.25, 0.3) is 11.8 Å². The molecule has 4 aromatic rings. The maximum Gasteiger partial charge on any atom is 0.265 e. The van der Waals surface area contributed by atoms with E-state index in [1.165, 1.54) is 22.9 Å². The van der Waals surface area contributed by atoms with Crippen molar-refractivity contribution in [2.75, 3.05) is 43.1 Å². The van der Waals surface area contributed by atoms with Crippen LogP contribution in [0.15, 0.2) is 101 Å². The minimum atomic E-state index is -0.0144. The molecule has 0 aromatic heterocycles. The summed E-state index contributed by atoms with van der Waals surface area (Å²) in [6, 6.07) is 30.1. The third-order valence-corrected chi connectivity index (χ3v) is 9.20. The lowest BCUT2D eigenvalue weighted by Crippen LogP contribution is -2.48. The molecule has 0 unspecified atom stereocenters. The number of carbonyl (C=O) groups excluding carboxylic acids is 2. The Bertz CT molecular complexity index is 1670. The van der Waals surface area contributed by atoms with Gasteiger partial charge < -0.3 is 19.4 Å². The van der Waals surface area contributed by atoms with Crippen LogP contribution in [0.2, 0.25) is 0 Å². The Balaban J connectivity index is 1.15. The number of amides is 2. The van der Waals surface area contributed by atoms with Crippen molar-refractivity contribution in [2.24, 2.45) is 0 Å². The Kier molecular flexibility index (Phi) is 8.25. The molecule has 2 amide bonds. The highest BCUT2D eigenvalue weighted by Crippen LogP contribution is 2.42. The van der Waals surface area contributed by atoms with Crippen molar-refractivity contribution in [3.8, 4) is 5.75 Å². The summed E-state index contributed by atoms with van der Waals surface area (Å²) >= 11 is 1.50. The van der Waals surface area contributed by atoms with Crippen LogP contribution in [0, 0.1) is 13.8 Å². The fraction of sp³-hybridized carbons (Fsp3) is 0.222. The fourth-order valence-electron chi connectivity index (χ4n) is 5.58. The van der Waals surface area contributed by atoms with Gasteiger partial charge in [0.05, 0.1) is 24.2 Å². The lowest BCUT2D eigenvalue weighted by Gasteiger charge is -2.36. The van der Waals surface area contributed by atoms with E-state index in [9.17, 15) is 9.59 Å². The van der Waals surface area contributed by atoms with Crippen LogP contribution in [0.4, 0.5) is 11.4 Å². The minimum Gasteiger partial charge on any atom is -0.497 e. The lowest BCUT2D eigenvalue weighted by molar-refractivity contribution is -0.114. The van der Waals surface area contributed by atoms with Gasteiger partial charge in [-0.1, -0.05) is 59.8 Å². The first-order valence-electron chi connectivity index (χ1n) is 14.5. The van der Waals surface area contributed by atoms with E-state index in [0.717, 1.165) is 46.2 Å². The average Bonchev–Trinajstić information content (AvgIpc) is 3.04. The van der Waals surface area contributed by atoms with Crippen molar-refractivity contribution in [2.45, 2.75) is 25.3 Å². The standard InChI is InChI=1S/C36H35N3O3S/c1-25-8-9-26(2)29(22-25)24-39-32-6-4-5-7-33(32)43-34(36(39)41)23-27-10-12-28(13-11-27)35(40)38-20-18-37(19-21-38)30-14-16-31(42-3)17-15-30/h4-17,22-23H,18-21,24H2,1-3H3. The van der Waals surface area contributed by atoms with Gasteiger partial charge in [-0.15, -0.1) is 0 Å². The summed E-state index contributed by atoms with van der Waals surface area (Å²) in [5, 5.41) is 0. The van der Waals surface area contributed by atoms with E-state index >= 15 is 0 Å². The van der Waals surface area contributed by atoms with Crippen LogP contribution in [0.1, 0.15) is 32.6 Å². The largest absolute Gasteiger partial charge is 0.497 e. The molecule has 6 nitrogen and oxygen atoms in total. The Hall–Kier alpha value is -4.49. The van der Waals surface area contributed by atoms with Crippen molar-refractivity contribution < 1.29 is 14.3 Å². The van der Waals surface area contributed by atoms with Crippen LogP contribution in [-0.2, 0) is 11.3 Å². The first-order chi connectivity index (χ1) is 20.9. The van der Waals surface area contributed by atoms with E-state index < -0.39 is 0 Å². The van der Waals surface area contributed by atoms with Crippen LogP contribution in [0.25, 0.3) is 6.08 Å². The Morgan fingerprint density at radius 3 is 2.33 bits per heavy atom. The fourth-order valence-corrected chi connectivity index (χ4v) is 6.64. The quantitative estimate of drug-likeness (QED) is 0.228. The molecule has 6 rings (SSSR count). The van der Waals surface area contributed by atoms with E-state index in [4.69, 9.17) is 4.74 Å². The molecule has 1 saturated heterocycles. The number of hydrogen-bond acceptors (Lipinski definition) is 5.